The van der Waals surface area contributed by atoms with E-state index in [9.17, 15) is 17.6 Å². The Hall–Kier alpha value is -3.00. The summed E-state index contributed by atoms with van der Waals surface area (Å²) in [6.45, 7) is 0.377. The second-order valence-electron chi connectivity index (χ2n) is 6.26. The molecule has 0 aliphatic carbocycles. The number of hydrogen-bond acceptors (Lipinski definition) is 4. The van der Waals surface area contributed by atoms with E-state index in [2.05, 4.69) is 10.3 Å². The van der Waals surface area contributed by atoms with Crippen molar-refractivity contribution in [2.45, 2.75) is 18.0 Å². The van der Waals surface area contributed by atoms with Crippen molar-refractivity contribution >= 4 is 15.7 Å². The minimum atomic E-state index is -3.98. The lowest BCUT2D eigenvalue weighted by atomic mass is 10.1. The number of nitrogens with zero attached hydrogens (tertiary/aromatic N) is 2. The fourth-order valence-electron chi connectivity index (χ4n) is 2.80. The predicted octanol–water partition coefficient (Wildman–Crippen LogP) is 2.53. The first kappa shape index (κ1) is 19.8. The number of halogens is 1. The molecule has 0 aliphatic rings. The van der Waals surface area contributed by atoms with Gasteiger partial charge in [0.15, 0.2) is 0 Å². The average Bonchev–Trinajstić information content (AvgIpc) is 3.17. The molecule has 1 amide bonds. The Morgan fingerprint density at radius 3 is 2.64 bits per heavy atom. The maximum Gasteiger partial charge on any atom is 0.235 e. The molecule has 146 valence electrons. The van der Waals surface area contributed by atoms with E-state index in [1.807, 2.05) is 30.3 Å². The van der Waals surface area contributed by atoms with Crippen molar-refractivity contribution in [2.24, 2.45) is 0 Å². The van der Waals surface area contributed by atoms with E-state index in [4.69, 9.17) is 0 Å². The lowest BCUT2D eigenvalue weighted by Crippen LogP contribution is -2.32. The molecule has 0 saturated carbocycles. The third kappa shape index (κ3) is 5.04. The van der Waals surface area contributed by atoms with Crippen LogP contribution >= 0.6 is 0 Å². The van der Waals surface area contributed by atoms with Crippen LogP contribution in [0.1, 0.15) is 12.0 Å². The Labute approximate surface area is 163 Å². The second kappa shape index (κ2) is 8.79. The summed E-state index contributed by atoms with van der Waals surface area (Å²) < 4.78 is 39.9. The summed E-state index contributed by atoms with van der Waals surface area (Å²) in [5, 5.41) is 2.33. The van der Waals surface area contributed by atoms with Gasteiger partial charge in [-0.25, -0.2) is 17.8 Å². The molecule has 2 aromatic carbocycles. The number of carbonyl (C=O) groups excluding carboxylic acids is 1. The molecule has 0 unspecified atom stereocenters. The van der Waals surface area contributed by atoms with E-state index < -0.39 is 27.3 Å². The highest BCUT2D eigenvalue weighted by atomic mass is 32.2. The van der Waals surface area contributed by atoms with Crippen molar-refractivity contribution in [1.29, 1.82) is 0 Å². The highest BCUT2D eigenvalue weighted by molar-refractivity contribution is 7.92. The Balaban J connectivity index is 1.59. The zero-order valence-electron chi connectivity index (χ0n) is 15.1. The van der Waals surface area contributed by atoms with Crippen molar-refractivity contribution in [1.82, 2.24) is 14.9 Å². The van der Waals surface area contributed by atoms with E-state index in [0.717, 1.165) is 12.0 Å². The molecule has 1 heterocycles. The number of nitrogens with one attached hydrogen (secondary N) is 1. The molecule has 0 bridgehead atoms. The first-order valence-corrected chi connectivity index (χ1v) is 10.4. The fraction of sp³-hybridized carbons (Fsp3) is 0.200. The molecule has 28 heavy (non-hydrogen) atoms. The molecular weight excluding hydrogens is 381 g/mol. The maximum atomic E-state index is 13.4. The van der Waals surface area contributed by atoms with Gasteiger partial charge < -0.3 is 5.32 Å². The highest BCUT2D eigenvalue weighted by Gasteiger charge is 2.25. The lowest BCUT2D eigenvalue weighted by molar-refractivity contribution is -0.118. The van der Waals surface area contributed by atoms with Gasteiger partial charge in [0.1, 0.15) is 11.6 Å². The summed E-state index contributed by atoms with van der Waals surface area (Å²) in [5.74, 6) is -1.81. The van der Waals surface area contributed by atoms with Crippen molar-refractivity contribution in [3.63, 3.8) is 0 Å². The van der Waals surface area contributed by atoms with Gasteiger partial charge in [-0.2, -0.15) is 0 Å². The van der Waals surface area contributed by atoms with E-state index in [1.54, 1.807) is 6.07 Å². The molecule has 0 radical (unpaired) electrons. The molecule has 0 atom stereocenters. The molecule has 3 aromatic rings. The number of sulfone groups is 1. The van der Waals surface area contributed by atoms with Crippen LogP contribution in [0.2, 0.25) is 0 Å². The second-order valence-corrected chi connectivity index (χ2v) is 8.14. The maximum absolute atomic E-state index is 13.4. The molecule has 6 nitrogen and oxygen atoms in total. The van der Waals surface area contributed by atoms with E-state index in [0.29, 0.717) is 18.7 Å². The van der Waals surface area contributed by atoms with Gasteiger partial charge in [-0.05, 0) is 36.6 Å². The molecule has 1 N–H and O–H groups in total. The minimum Gasteiger partial charge on any atom is -0.355 e. The predicted molar refractivity (Wildman–Crippen MR) is 103 cm³/mol. The van der Waals surface area contributed by atoms with Gasteiger partial charge in [-0.1, -0.05) is 36.4 Å². The van der Waals surface area contributed by atoms with Crippen LogP contribution in [-0.4, -0.2) is 36.2 Å². The lowest BCUT2D eigenvalue weighted by Gasteiger charge is -2.09. The van der Waals surface area contributed by atoms with Gasteiger partial charge in [-0.15, -0.1) is 0 Å². The number of aromatic nitrogens is 2. The van der Waals surface area contributed by atoms with Crippen LogP contribution in [0, 0.1) is 5.82 Å². The monoisotopic (exact) mass is 401 g/mol. The van der Waals surface area contributed by atoms with Crippen LogP contribution in [0.25, 0.3) is 5.69 Å². The van der Waals surface area contributed by atoms with Crippen LogP contribution in [0.3, 0.4) is 0 Å². The van der Waals surface area contributed by atoms with E-state index in [-0.39, 0.29) is 5.16 Å². The van der Waals surface area contributed by atoms with E-state index >= 15 is 0 Å². The van der Waals surface area contributed by atoms with Crippen molar-refractivity contribution in [3.8, 4) is 5.69 Å². The minimum absolute atomic E-state index is 0.294. The highest BCUT2D eigenvalue weighted by Crippen LogP contribution is 2.16. The van der Waals surface area contributed by atoms with Gasteiger partial charge in [0.2, 0.25) is 20.9 Å². The quantitative estimate of drug-likeness (QED) is 0.588. The third-order valence-electron chi connectivity index (χ3n) is 4.10. The molecule has 8 heteroatoms. The first-order chi connectivity index (χ1) is 13.5. The van der Waals surface area contributed by atoms with Gasteiger partial charge in [0, 0.05) is 18.9 Å². The summed E-state index contributed by atoms with van der Waals surface area (Å²) in [5.41, 5.74) is 1.47. The Kier molecular flexibility index (Phi) is 6.20. The van der Waals surface area contributed by atoms with Crippen molar-refractivity contribution in [2.75, 3.05) is 12.3 Å². The van der Waals surface area contributed by atoms with Gasteiger partial charge in [0.25, 0.3) is 0 Å². The van der Waals surface area contributed by atoms with E-state index in [1.165, 1.54) is 35.2 Å². The van der Waals surface area contributed by atoms with Crippen LogP contribution in [0.15, 0.2) is 72.1 Å². The van der Waals surface area contributed by atoms with Gasteiger partial charge >= 0.3 is 0 Å². The van der Waals surface area contributed by atoms with Crippen molar-refractivity contribution < 1.29 is 17.6 Å². The normalized spacial score (nSPS) is 11.3. The average molecular weight is 401 g/mol. The zero-order valence-corrected chi connectivity index (χ0v) is 15.9. The number of hydrogen-bond donors (Lipinski definition) is 1. The number of rotatable bonds is 8. The van der Waals surface area contributed by atoms with Crippen molar-refractivity contribution in [3.05, 3.63) is 78.4 Å². The largest absolute Gasteiger partial charge is 0.355 e. The summed E-state index contributed by atoms with van der Waals surface area (Å²) in [7, 11) is -3.98. The molecule has 0 spiro atoms. The van der Waals surface area contributed by atoms with Crippen LogP contribution in [0.5, 0.6) is 0 Å². The number of carbonyl (C=O) groups is 1. The van der Waals surface area contributed by atoms with Crippen LogP contribution in [-0.2, 0) is 21.1 Å². The van der Waals surface area contributed by atoms with Crippen LogP contribution in [0.4, 0.5) is 4.39 Å². The first-order valence-electron chi connectivity index (χ1n) is 8.78. The molecule has 1 aromatic heterocycles. The molecule has 3 rings (SSSR count). The third-order valence-corrected chi connectivity index (χ3v) is 5.60. The number of imidazole rings is 1. The topological polar surface area (TPSA) is 81.1 Å². The Bertz CT molecular complexity index is 1050. The molecular formula is C20H20FN3O3S. The standard InChI is InChI=1S/C20H20FN3O3S/c21-17-9-4-10-18(14-17)24-13-12-23-20(24)28(26,27)15-19(25)22-11-5-8-16-6-2-1-3-7-16/h1-4,6-7,9-10,12-14H,5,8,11,15H2,(H,22,25). The van der Waals surface area contributed by atoms with Gasteiger partial charge in [0.05, 0.1) is 5.69 Å². The molecule has 0 saturated heterocycles. The SMILES string of the molecule is O=C(CS(=O)(=O)c1nccn1-c1cccc(F)c1)NCCCc1ccccc1. The number of benzene rings is 2. The molecule has 0 aliphatic heterocycles. The Morgan fingerprint density at radius 1 is 1.11 bits per heavy atom. The summed E-state index contributed by atoms with van der Waals surface area (Å²) in [6.07, 6.45) is 4.21. The summed E-state index contributed by atoms with van der Waals surface area (Å²) >= 11 is 0. The Morgan fingerprint density at radius 2 is 1.89 bits per heavy atom. The summed E-state index contributed by atoms with van der Waals surface area (Å²) in [4.78, 5) is 15.9. The smallest absolute Gasteiger partial charge is 0.235 e. The summed E-state index contributed by atoms with van der Waals surface area (Å²) in [6, 6.07) is 15.3. The molecule has 0 fully saturated rings. The number of amides is 1. The van der Waals surface area contributed by atoms with Crippen LogP contribution < -0.4 is 5.32 Å². The number of aryl methyl sites for hydroxylation is 1. The zero-order chi connectivity index (χ0) is 20.0. The van der Waals surface area contributed by atoms with Gasteiger partial charge in [-0.3, -0.25) is 9.36 Å². The fourth-order valence-corrected chi connectivity index (χ4v) is 4.06.